The molecule has 1 saturated heterocycles. The number of carbonyl (C=O) groups is 1. The number of hydrogen-bond donors (Lipinski definition) is 1. The monoisotopic (exact) mass is 430 g/mol. The molecular formula is C16H29Cl3N4OS. The van der Waals surface area contributed by atoms with Crippen molar-refractivity contribution in [2.24, 2.45) is 5.73 Å². The van der Waals surface area contributed by atoms with Crippen molar-refractivity contribution in [3.05, 3.63) is 16.1 Å². The Kier molecular flexibility index (Phi) is 10.9. The molecule has 1 aromatic heterocycles. The Morgan fingerprint density at radius 1 is 1.16 bits per heavy atom. The molecule has 1 saturated carbocycles. The van der Waals surface area contributed by atoms with Gasteiger partial charge >= 0.3 is 0 Å². The van der Waals surface area contributed by atoms with Gasteiger partial charge in [-0.25, -0.2) is 4.98 Å². The van der Waals surface area contributed by atoms with Crippen LogP contribution in [0.3, 0.4) is 0 Å². The minimum Gasteiger partial charge on any atom is -0.339 e. The summed E-state index contributed by atoms with van der Waals surface area (Å²) in [5, 5.41) is 1.12. The quantitative estimate of drug-likeness (QED) is 0.799. The zero-order chi connectivity index (χ0) is 15.6. The van der Waals surface area contributed by atoms with Gasteiger partial charge in [0, 0.05) is 43.8 Å². The van der Waals surface area contributed by atoms with Crippen LogP contribution >= 0.6 is 48.6 Å². The van der Waals surface area contributed by atoms with Gasteiger partial charge in [-0.3, -0.25) is 9.69 Å². The van der Waals surface area contributed by atoms with Crippen molar-refractivity contribution < 1.29 is 4.79 Å². The maximum atomic E-state index is 12.7. The maximum Gasteiger partial charge on any atom is 0.242 e. The number of piperazine rings is 1. The van der Waals surface area contributed by atoms with Crippen molar-refractivity contribution in [2.45, 2.75) is 51.1 Å². The molecule has 0 atom stereocenters. The summed E-state index contributed by atoms with van der Waals surface area (Å²) >= 11 is 1.76. The van der Waals surface area contributed by atoms with Crippen LogP contribution in [-0.4, -0.2) is 52.4 Å². The van der Waals surface area contributed by atoms with E-state index in [4.69, 9.17) is 5.73 Å². The highest BCUT2D eigenvalue weighted by Crippen LogP contribution is 2.28. The number of rotatable bonds is 3. The number of aromatic nitrogens is 1. The zero-order valence-electron chi connectivity index (χ0n) is 14.6. The molecule has 2 fully saturated rings. The molecule has 1 aliphatic heterocycles. The highest BCUT2D eigenvalue weighted by molar-refractivity contribution is 7.11. The summed E-state index contributed by atoms with van der Waals surface area (Å²) in [4.78, 5) is 22.7. The second-order valence-electron chi connectivity index (χ2n) is 6.63. The van der Waals surface area contributed by atoms with Crippen LogP contribution in [0.4, 0.5) is 0 Å². The minimum absolute atomic E-state index is 0. The molecule has 5 nitrogen and oxygen atoms in total. The highest BCUT2D eigenvalue weighted by Gasteiger charge is 2.39. The molecule has 0 radical (unpaired) electrons. The number of nitrogens with two attached hydrogens (primary N) is 1. The molecule has 2 N–H and O–H groups in total. The van der Waals surface area contributed by atoms with E-state index in [2.05, 4.69) is 9.88 Å². The largest absolute Gasteiger partial charge is 0.339 e. The first-order chi connectivity index (χ1) is 10.6. The van der Waals surface area contributed by atoms with Crippen LogP contribution in [0.2, 0.25) is 0 Å². The van der Waals surface area contributed by atoms with Crippen molar-refractivity contribution in [3.8, 4) is 0 Å². The Morgan fingerprint density at radius 2 is 1.76 bits per heavy atom. The van der Waals surface area contributed by atoms with E-state index in [0.29, 0.717) is 0 Å². The predicted molar refractivity (Wildman–Crippen MR) is 110 cm³/mol. The van der Waals surface area contributed by atoms with Crippen molar-refractivity contribution in [2.75, 3.05) is 26.2 Å². The third kappa shape index (κ3) is 6.22. The molecular weight excluding hydrogens is 403 g/mol. The molecule has 25 heavy (non-hydrogen) atoms. The van der Waals surface area contributed by atoms with Crippen LogP contribution in [0.5, 0.6) is 0 Å². The number of halogens is 3. The molecule has 3 rings (SSSR count). The van der Waals surface area contributed by atoms with Crippen LogP contribution < -0.4 is 5.73 Å². The molecule has 2 heterocycles. The fourth-order valence-electron chi connectivity index (χ4n) is 3.52. The van der Waals surface area contributed by atoms with Gasteiger partial charge in [0.15, 0.2) is 0 Å². The van der Waals surface area contributed by atoms with Gasteiger partial charge in [0.1, 0.15) is 0 Å². The van der Waals surface area contributed by atoms with E-state index in [-0.39, 0.29) is 43.1 Å². The molecule has 9 heteroatoms. The highest BCUT2D eigenvalue weighted by atomic mass is 35.5. The van der Waals surface area contributed by atoms with Gasteiger partial charge in [-0.1, -0.05) is 19.3 Å². The van der Waals surface area contributed by atoms with E-state index < -0.39 is 5.54 Å². The maximum absolute atomic E-state index is 12.7. The van der Waals surface area contributed by atoms with Gasteiger partial charge < -0.3 is 10.6 Å². The van der Waals surface area contributed by atoms with Crippen LogP contribution in [-0.2, 0) is 11.3 Å². The molecule has 0 spiro atoms. The average Bonchev–Trinajstić information content (AvgIpc) is 2.93. The van der Waals surface area contributed by atoms with Gasteiger partial charge in [0.25, 0.3) is 0 Å². The van der Waals surface area contributed by atoms with E-state index in [1.54, 1.807) is 11.3 Å². The predicted octanol–water partition coefficient (Wildman–Crippen LogP) is 3.02. The van der Waals surface area contributed by atoms with Crippen molar-refractivity contribution in [1.82, 2.24) is 14.8 Å². The zero-order valence-corrected chi connectivity index (χ0v) is 17.9. The standard InChI is InChI=1S/C16H26N4OS.3ClH/c1-13-18-11-14(22-13)12-19-7-9-20(10-8-19)15(21)16(17)5-3-2-4-6-16;;;/h11H,2-10,12,17H2,1H3;3*1H. The van der Waals surface area contributed by atoms with Crippen molar-refractivity contribution in [3.63, 3.8) is 0 Å². The van der Waals surface area contributed by atoms with E-state index in [1.165, 1.54) is 11.3 Å². The molecule has 146 valence electrons. The van der Waals surface area contributed by atoms with E-state index in [0.717, 1.165) is 63.4 Å². The topological polar surface area (TPSA) is 62.5 Å². The van der Waals surface area contributed by atoms with Crippen LogP contribution in [0, 0.1) is 6.92 Å². The molecule has 0 aromatic carbocycles. The molecule has 1 aromatic rings. The second-order valence-corrected chi connectivity index (χ2v) is 7.95. The lowest BCUT2D eigenvalue weighted by Gasteiger charge is -2.41. The summed E-state index contributed by atoms with van der Waals surface area (Å²) < 4.78 is 0. The Labute approximate surface area is 173 Å². The van der Waals surface area contributed by atoms with Crippen LogP contribution in [0.15, 0.2) is 6.20 Å². The Hall–Kier alpha value is -0.110. The summed E-state index contributed by atoms with van der Waals surface area (Å²) in [7, 11) is 0. The van der Waals surface area contributed by atoms with E-state index in [1.807, 2.05) is 18.0 Å². The summed E-state index contributed by atoms with van der Waals surface area (Å²) in [6, 6.07) is 0. The van der Waals surface area contributed by atoms with Crippen LogP contribution in [0.25, 0.3) is 0 Å². The number of carbonyl (C=O) groups excluding carboxylic acids is 1. The third-order valence-corrected chi connectivity index (χ3v) is 5.78. The van der Waals surface area contributed by atoms with Crippen LogP contribution in [0.1, 0.15) is 42.0 Å². The Bertz CT molecular complexity index is 529. The molecule has 2 aliphatic rings. The summed E-state index contributed by atoms with van der Waals surface area (Å²) in [6.07, 6.45) is 7.07. The normalized spacial score (nSPS) is 20.0. The van der Waals surface area contributed by atoms with Gasteiger partial charge in [0.2, 0.25) is 5.91 Å². The SMILES string of the molecule is Cc1ncc(CN2CCN(C(=O)C3(N)CCCCC3)CC2)s1.Cl.Cl.Cl. The Morgan fingerprint density at radius 3 is 2.28 bits per heavy atom. The first-order valence-electron chi connectivity index (χ1n) is 8.29. The third-order valence-electron chi connectivity index (χ3n) is 4.88. The minimum atomic E-state index is -0.588. The lowest BCUT2D eigenvalue weighted by Crippen LogP contribution is -2.60. The molecule has 0 unspecified atom stereocenters. The lowest BCUT2D eigenvalue weighted by atomic mass is 9.81. The number of amides is 1. The van der Waals surface area contributed by atoms with Gasteiger partial charge in [-0.05, 0) is 19.8 Å². The Balaban J connectivity index is 0.00000192. The number of hydrogen-bond acceptors (Lipinski definition) is 5. The number of nitrogens with zero attached hydrogens (tertiary/aromatic N) is 3. The first kappa shape index (κ1) is 24.9. The number of aryl methyl sites for hydroxylation is 1. The fraction of sp³-hybridized carbons (Fsp3) is 0.750. The molecule has 1 aliphatic carbocycles. The van der Waals surface area contributed by atoms with Crippen molar-refractivity contribution >= 4 is 54.5 Å². The van der Waals surface area contributed by atoms with Crippen molar-refractivity contribution in [1.29, 1.82) is 0 Å². The van der Waals surface area contributed by atoms with Gasteiger partial charge in [0.05, 0.1) is 10.5 Å². The average molecular weight is 432 g/mol. The second kappa shape index (κ2) is 10.9. The summed E-state index contributed by atoms with van der Waals surface area (Å²) in [5.41, 5.74) is 5.79. The first-order valence-corrected chi connectivity index (χ1v) is 9.10. The lowest BCUT2D eigenvalue weighted by molar-refractivity contribution is -0.140. The molecule has 0 bridgehead atoms. The smallest absolute Gasteiger partial charge is 0.242 e. The fourth-order valence-corrected chi connectivity index (χ4v) is 4.36. The summed E-state index contributed by atoms with van der Waals surface area (Å²) in [5.74, 6) is 0.181. The molecule has 1 amide bonds. The van der Waals surface area contributed by atoms with E-state index >= 15 is 0 Å². The van der Waals surface area contributed by atoms with Gasteiger partial charge in [-0.2, -0.15) is 0 Å². The van der Waals surface area contributed by atoms with Gasteiger partial charge in [-0.15, -0.1) is 48.6 Å². The summed E-state index contributed by atoms with van der Waals surface area (Å²) in [6.45, 7) is 6.44. The number of thiazole rings is 1. The van der Waals surface area contributed by atoms with E-state index in [9.17, 15) is 4.79 Å².